The molecule has 0 unspecified atom stereocenters. The standard InChI is InChI=1S/C16H28N4O/c1-11-13(17)18-15(16(2,3)4)19-14(11)20(5)8-9-21-10-12-6-7-12/h12H,6-10H2,1-5H3,(H2,17,18,19). The van der Waals surface area contributed by atoms with Gasteiger partial charge in [-0.15, -0.1) is 0 Å². The molecule has 0 aromatic carbocycles. The molecular weight excluding hydrogens is 264 g/mol. The van der Waals surface area contributed by atoms with E-state index in [1.165, 1.54) is 12.8 Å². The molecule has 0 aliphatic heterocycles. The van der Waals surface area contributed by atoms with E-state index < -0.39 is 0 Å². The lowest BCUT2D eigenvalue weighted by molar-refractivity contribution is 0.130. The Hall–Kier alpha value is -1.36. The minimum Gasteiger partial charge on any atom is -0.383 e. The molecule has 0 spiro atoms. The number of ether oxygens (including phenoxy) is 1. The Morgan fingerprint density at radius 2 is 1.95 bits per heavy atom. The van der Waals surface area contributed by atoms with Crippen LogP contribution in [0.3, 0.4) is 0 Å². The molecular formula is C16H28N4O. The summed E-state index contributed by atoms with van der Waals surface area (Å²) in [7, 11) is 2.03. The number of rotatable bonds is 6. The zero-order chi connectivity index (χ0) is 15.6. The molecule has 1 fully saturated rings. The van der Waals surface area contributed by atoms with Crippen LogP contribution in [0, 0.1) is 12.8 Å². The van der Waals surface area contributed by atoms with E-state index in [1.54, 1.807) is 0 Å². The van der Waals surface area contributed by atoms with E-state index in [2.05, 4.69) is 30.7 Å². The number of aromatic nitrogens is 2. The summed E-state index contributed by atoms with van der Waals surface area (Å²) in [6, 6.07) is 0. The maximum Gasteiger partial charge on any atom is 0.138 e. The number of nitrogen functional groups attached to an aromatic ring is 1. The molecule has 5 nitrogen and oxygen atoms in total. The molecule has 1 heterocycles. The van der Waals surface area contributed by atoms with Crippen molar-refractivity contribution in [1.29, 1.82) is 0 Å². The summed E-state index contributed by atoms with van der Waals surface area (Å²) in [4.78, 5) is 11.2. The van der Waals surface area contributed by atoms with Crippen LogP contribution >= 0.6 is 0 Å². The van der Waals surface area contributed by atoms with E-state index in [0.717, 1.165) is 42.9 Å². The molecule has 0 radical (unpaired) electrons. The Labute approximate surface area is 127 Å². The van der Waals surface area contributed by atoms with E-state index in [4.69, 9.17) is 15.5 Å². The third-order valence-electron chi connectivity index (χ3n) is 3.81. The number of nitrogens with zero attached hydrogens (tertiary/aromatic N) is 3. The average molecular weight is 292 g/mol. The van der Waals surface area contributed by atoms with Gasteiger partial charge in [-0.25, -0.2) is 9.97 Å². The van der Waals surface area contributed by atoms with Gasteiger partial charge in [0, 0.05) is 31.2 Å². The van der Waals surface area contributed by atoms with E-state index in [9.17, 15) is 0 Å². The van der Waals surface area contributed by atoms with E-state index in [0.29, 0.717) is 5.82 Å². The van der Waals surface area contributed by atoms with Crippen molar-refractivity contribution < 1.29 is 4.74 Å². The van der Waals surface area contributed by atoms with Gasteiger partial charge in [0.25, 0.3) is 0 Å². The zero-order valence-corrected chi connectivity index (χ0v) is 13.9. The molecule has 21 heavy (non-hydrogen) atoms. The van der Waals surface area contributed by atoms with Crippen LogP contribution in [-0.4, -0.2) is 36.8 Å². The Morgan fingerprint density at radius 3 is 2.52 bits per heavy atom. The van der Waals surface area contributed by atoms with Gasteiger partial charge in [-0.2, -0.15) is 0 Å². The van der Waals surface area contributed by atoms with Gasteiger partial charge in [-0.05, 0) is 25.7 Å². The molecule has 1 aliphatic carbocycles. The maximum absolute atomic E-state index is 6.05. The third-order valence-corrected chi connectivity index (χ3v) is 3.81. The van der Waals surface area contributed by atoms with Gasteiger partial charge in [0.05, 0.1) is 6.61 Å². The fourth-order valence-electron chi connectivity index (χ4n) is 2.07. The first-order valence-corrected chi connectivity index (χ1v) is 7.72. The number of hydrogen-bond donors (Lipinski definition) is 1. The van der Waals surface area contributed by atoms with Crippen molar-refractivity contribution in [3.63, 3.8) is 0 Å². The Morgan fingerprint density at radius 1 is 1.29 bits per heavy atom. The number of anilines is 2. The number of hydrogen-bond acceptors (Lipinski definition) is 5. The third kappa shape index (κ3) is 4.30. The van der Waals surface area contributed by atoms with Gasteiger partial charge in [0.15, 0.2) is 0 Å². The second kappa shape index (κ2) is 6.18. The molecule has 1 saturated carbocycles. The van der Waals surface area contributed by atoms with E-state index in [-0.39, 0.29) is 5.41 Å². The van der Waals surface area contributed by atoms with Gasteiger partial charge < -0.3 is 15.4 Å². The molecule has 1 aliphatic rings. The highest BCUT2D eigenvalue weighted by Gasteiger charge is 2.22. The summed E-state index contributed by atoms with van der Waals surface area (Å²) in [5, 5.41) is 0. The first-order valence-electron chi connectivity index (χ1n) is 7.72. The van der Waals surface area contributed by atoms with Crippen LogP contribution in [0.25, 0.3) is 0 Å². The predicted octanol–water partition coefficient (Wildman–Crippen LogP) is 2.53. The van der Waals surface area contributed by atoms with Gasteiger partial charge >= 0.3 is 0 Å². The summed E-state index contributed by atoms with van der Waals surface area (Å²) < 4.78 is 5.70. The Bertz CT molecular complexity index is 492. The summed E-state index contributed by atoms with van der Waals surface area (Å²) in [5.41, 5.74) is 6.88. The fraction of sp³-hybridized carbons (Fsp3) is 0.750. The highest BCUT2D eigenvalue weighted by Crippen LogP contribution is 2.29. The minimum atomic E-state index is -0.111. The van der Waals surface area contributed by atoms with Crippen LogP contribution in [0.4, 0.5) is 11.6 Å². The molecule has 118 valence electrons. The van der Waals surface area contributed by atoms with Crippen molar-refractivity contribution in [3.8, 4) is 0 Å². The van der Waals surface area contributed by atoms with Gasteiger partial charge in [-0.3, -0.25) is 0 Å². The predicted molar refractivity (Wildman–Crippen MR) is 86.7 cm³/mol. The topological polar surface area (TPSA) is 64.3 Å². The number of likely N-dealkylation sites (N-methyl/N-ethyl adjacent to an activating group) is 1. The largest absolute Gasteiger partial charge is 0.383 e. The van der Waals surface area contributed by atoms with Crippen molar-refractivity contribution in [3.05, 3.63) is 11.4 Å². The van der Waals surface area contributed by atoms with E-state index >= 15 is 0 Å². The van der Waals surface area contributed by atoms with E-state index in [1.807, 2.05) is 14.0 Å². The Balaban J connectivity index is 2.03. The fourth-order valence-corrected chi connectivity index (χ4v) is 2.07. The Kier molecular flexibility index (Phi) is 4.71. The minimum absolute atomic E-state index is 0.111. The smallest absolute Gasteiger partial charge is 0.138 e. The van der Waals surface area contributed by atoms with Crippen LogP contribution in [-0.2, 0) is 10.2 Å². The van der Waals surface area contributed by atoms with Crippen LogP contribution < -0.4 is 10.6 Å². The van der Waals surface area contributed by atoms with Crippen molar-refractivity contribution in [2.45, 2.75) is 46.0 Å². The lowest BCUT2D eigenvalue weighted by atomic mass is 9.95. The molecule has 5 heteroatoms. The monoisotopic (exact) mass is 292 g/mol. The lowest BCUT2D eigenvalue weighted by Crippen LogP contribution is -2.27. The first-order chi connectivity index (χ1) is 9.79. The second-order valence-corrected chi connectivity index (χ2v) is 7.07. The second-order valence-electron chi connectivity index (χ2n) is 7.07. The van der Waals surface area contributed by atoms with Gasteiger partial charge in [0.1, 0.15) is 17.5 Å². The first kappa shape index (κ1) is 16.0. The highest BCUT2D eigenvalue weighted by atomic mass is 16.5. The summed E-state index contributed by atoms with van der Waals surface area (Å²) >= 11 is 0. The number of nitrogens with two attached hydrogens (primary N) is 1. The molecule has 2 N–H and O–H groups in total. The van der Waals surface area contributed by atoms with Gasteiger partial charge in [-0.1, -0.05) is 20.8 Å². The summed E-state index contributed by atoms with van der Waals surface area (Å²) in [6.45, 7) is 10.7. The van der Waals surface area contributed by atoms with Crippen LogP contribution in [0.15, 0.2) is 0 Å². The molecule has 1 aromatic heterocycles. The highest BCUT2D eigenvalue weighted by molar-refractivity contribution is 5.56. The molecule has 0 amide bonds. The van der Waals surface area contributed by atoms with Crippen molar-refractivity contribution >= 4 is 11.6 Å². The van der Waals surface area contributed by atoms with Crippen molar-refractivity contribution in [1.82, 2.24) is 9.97 Å². The summed E-state index contributed by atoms with van der Waals surface area (Å²) in [5.74, 6) is 3.06. The maximum atomic E-state index is 6.05. The SMILES string of the molecule is Cc1c(N)nc(C(C)(C)C)nc1N(C)CCOCC1CC1. The summed E-state index contributed by atoms with van der Waals surface area (Å²) in [6.07, 6.45) is 2.65. The van der Waals surface area contributed by atoms with Crippen LogP contribution in [0.2, 0.25) is 0 Å². The molecule has 0 atom stereocenters. The quantitative estimate of drug-likeness (QED) is 0.816. The van der Waals surface area contributed by atoms with Crippen molar-refractivity contribution in [2.75, 3.05) is 37.4 Å². The van der Waals surface area contributed by atoms with Gasteiger partial charge in [0.2, 0.25) is 0 Å². The normalized spacial score (nSPS) is 15.3. The molecule has 1 aromatic rings. The van der Waals surface area contributed by atoms with Crippen molar-refractivity contribution in [2.24, 2.45) is 5.92 Å². The van der Waals surface area contributed by atoms with Crippen LogP contribution in [0.1, 0.15) is 45.0 Å². The molecule has 0 saturated heterocycles. The molecule has 0 bridgehead atoms. The average Bonchev–Trinajstić information content (AvgIpc) is 3.20. The van der Waals surface area contributed by atoms with Crippen LogP contribution in [0.5, 0.6) is 0 Å². The molecule has 2 rings (SSSR count). The zero-order valence-electron chi connectivity index (χ0n) is 13.9. The lowest BCUT2D eigenvalue weighted by Gasteiger charge is -2.24.